The van der Waals surface area contributed by atoms with E-state index < -0.39 is 5.97 Å². The van der Waals surface area contributed by atoms with Crippen molar-refractivity contribution in [1.29, 1.82) is 0 Å². The molecule has 0 atom stereocenters. The molecular weight excluding hydrogens is 124 g/mol. The van der Waals surface area contributed by atoms with E-state index in [1.807, 2.05) is 0 Å². The van der Waals surface area contributed by atoms with Gasteiger partial charge in [-0.3, -0.25) is 0 Å². The van der Waals surface area contributed by atoms with Crippen molar-refractivity contribution in [3.63, 3.8) is 0 Å². The molecule has 0 rings (SSSR count). The summed E-state index contributed by atoms with van der Waals surface area (Å²) in [5, 5.41) is 13.4. The third kappa shape index (κ3) is 3.45. The van der Waals surface area contributed by atoms with Crippen molar-refractivity contribution in [2.75, 3.05) is 20.7 Å². The fraction of sp³-hybridized carbons (Fsp3) is 0.750. The molecule has 0 unspecified atom stereocenters. The normalized spacial score (nSPS) is 11.1. The summed E-state index contributed by atoms with van der Waals surface area (Å²) in [5.41, 5.74) is 0. The van der Waals surface area contributed by atoms with Gasteiger partial charge in [0.2, 0.25) is 0 Å². The molecule has 0 saturated carbocycles. The highest BCUT2D eigenvalue weighted by Gasteiger charge is 2.04. The van der Waals surface area contributed by atoms with Crippen molar-refractivity contribution in [3.05, 3.63) is 5.21 Å². The molecule has 0 saturated heterocycles. The van der Waals surface area contributed by atoms with Gasteiger partial charge in [-0.2, -0.15) is 0 Å². The fourth-order valence-electron chi connectivity index (χ4n) is 0.246. The Bertz CT molecular complexity index is 132. The SMILES string of the molecule is CN=[N+]([O-])CC(=O)OC. The van der Waals surface area contributed by atoms with Gasteiger partial charge in [-0.1, -0.05) is 4.86 Å². The Balaban J connectivity index is 3.60. The van der Waals surface area contributed by atoms with Crippen molar-refractivity contribution in [2.24, 2.45) is 5.11 Å². The Labute approximate surface area is 52.5 Å². The zero-order valence-electron chi connectivity index (χ0n) is 5.33. The third-order valence-corrected chi connectivity index (χ3v) is 0.715. The highest BCUT2D eigenvalue weighted by Crippen LogP contribution is 1.76. The molecule has 0 heterocycles. The lowest BCUT2D eigenvalue weighted by Crippen LogP contribution is -2.15. The van der Waals surface area contributed by atoms with E-state index in [1.165, 1.54) is 14.2 Å². The van der Waals surface area contributed by atoms with Crippen LogP contribution in [-0.4, -0.2) is 31.5 Å². The predicted molar refractivity (Wildman–Crippen MR) is 28.9 cm³/mol. The molecule has 0 aromatic heterocycles. The minimum Gasteiger partial charge on any atom is -0.599 e. The van der Waals surface area contributed by atoms with Crippen LogP contribution in [0.25, 0.3) is 0 Å². The van der Waals surface area contributed by atoms with Crippen LogP contribution in [0, 0.1) is 5.21 Å². The molecule has 0 fully saturated rings. The van der Waals surface area contributed by atoms with Crippen LogP contribution in [-0.2, 0) is 9.53 Å². The van der Waals surface area contributed by atoms with E-state index in [4.69, 9.17) is 0 Å². The Morgan fingerprint density at radius 2 is 2.44 bits per heavy atom. The molecule has 9 heavy (non-hydrogen) atoms. The summed E-state index contributed by atoms with van der Waals surface area (Å²) in [6.07, 6.45) is 0. The van der Waals surface area contributed by atoms with Crippen molar-refractivity contribution in [1.82, 2.24) is 0 Å². The number of hydroxylamine groups is 1. The van der Waals surface area contributed by atoms with Crippen molar-refractivity contribution in [3.8, 4) is 0 Å². The van der Waals surface area contributed by atoms with Crippen molar-refractivity contribution < 1.29 is 14.4 Å². The largest absolute Gasteiger partial charge is 0.599 e. The standard InChI is InChI=1S/C4H8N2O3/c1-5-6(8)3-4(7)9-2/h3H2,1-2H3. The van der Waals surface area contributed by atoms with Gasteiger partial charge in [0.25, 0.3) is 6.54 Å². The van der Waals surface area contributed by atoms with Crippen LogP contribution < -0.4 is 0 Å². The van der Waals surface area contributed by atoms with Crippen LogP contribution in [0.4, 0.5) is 0 Å². The molecule has 5 heteroatoms. The van der Waals surface area contributed by atoms with E-state index in [-0.39, 0.29) is 11.4 Å². The topological polar surface area (TPSA) is 64.7 Å². The first-order valence-corrected chi connectivity index (χ1v) is 2.32. The summed E-state index contributed by atoms with van der Waals surface area (Å²) in [4.78, 5) is 10.5. The van der Waals surface area contributed by atoms with E-state index in [0.717, 1.165) is 0 Å². The average Bonchev–Trinajstić information content (AvgIpc) is 1.87. The van der Waals surface area contributed by atoms with Gasteiger partial charge < -0.3 is 9.94 Å². The minimum absolute atomic E-state index is 0.256. The number of rotatable bonds is 2. The molecule has 0 spiro atoms. The van der Waals surface area contributed by atoms with Gasteiger partial charge in [-0.25, -0.2) is 4.79 Å². The van der Waals surface area contributed by atoms with Crippen LogP contribution in [0.5, 0.6) is 0 Å². The van der Waals surface area contributed by atoms with Crippen LogP contribution in [0.15, 0.2) is 5.11 Å². The van der Waals surface area contributed by atoms with Gasteiger partial charge >= 0.3 is 5.97 Å². The smallest absolute Gasteiger partial charge is 0.375 e. The third-order valence-electron chi connectivity index (χ3n) is 0.715. The maximum absolute atomic E-state index is 10.3. The molecule has 0 aromatic rings. The van der Waals surface area contributed by atoms with E-state index in [2.05, 4.69) is 9.85 Å². The van der Waals surface area contributed by atoms with Gasteiger partial charge in [0.1, 0.15) is 0 Å². The van der Waals surface area contributed by atoms with E-state index in [9.17, 15) is 10.0 Å². The van der Waals surface area contributed by atoms with Crippen LogP contribution in [0.1, 0.15) is 0 Å². The highest BCUT2D eigenvalue weighted by molar-refractivity contribution is 5.70. The summed E-state index contributed by atoms with van der Waals surface area (Å²) in [7, 11) is 2.52. The molecule has 0 amide bonds. The number of azo groups is 1. The van der Waals surface area contributed by atoms with Crippen LogP contribution >= 0.6 is 0 Å². The van der Waals surface area contributed by atoms with E-state index in [1.54, 1.807) is 0 Å². The summed E-state index contributed by atoms with van der Waals surface area (Å²) in [6, 6.07) is 0. The Hall–Kier alpha value is -1.13. The number of hydrogen-bond acceptors (Lipinski definition) is 4. The number of methoxy groups -OCH3 is 1. The van der Waals surface area contributed by atoms with Gasteiger partial charge in [-0.05, 0) is 5.11 Å². The number of ether oxygens (including phenoxy) is 1. The summed E-state index contributed by atoms with van der Waals surface area (Å²) < 4.78 is 4.18. The number of carbonyl (C=O) groups is 1. The lowest BCUT2D eigenvalue weighted by molar-refractivity contribution is -0.518. The maximum atomic E-state index is 10.3. The van der Waals surface area contributed by atoms with Gasteiger partial charge in [0, 0.05) is 0 Å². The molecule has 0 aliphatic carbocycles. The molecule has 52 valence electrons. The maximum Gasteiger partial charge on any atom is 0.375 e. The second-order valence-electron chi connectivity index (χ2n) is 1.29. The highest BCUT2D eigenvalue weighted by atomic mass is 16.5. The molecule has 0 radical (unpaired) electrons. The van der Waals surface area contributed by atoms with Crippen molar-refractivity contribution in [2.45, 2.75) is 0 Å². The first-order chi connectivity index (χ1) is 4.20. The van der Waals surface area contributed by atoms with Crippen molar-refractivity contribution >= 4 is 5.97 Å². The second kappa shape index (κ2) is 3.82. The molecule has 0 aliphatic rings. The van der Waals surface area contributed by atoms with Gasteiger partial charge in [-0.15, -0.1) is 0 Å². The second-order valence-corrected chi connectivity index (χ2v) is 1.29. The summed E-state index contributed by atoms with van der Waals surface area (Å²) in [5.74, 6) is -0.587. The Morgan fingerprint density at radius 3 is 2.78 bits per heavy atom. The minimum atomic E-state index is -0.587. The molecule has 5 nitrogen and oxygen atoms in total. The zero-order valence-corrected chi connectivity index (χ0v) is 5.33. The van der Waals surface area contributed by atoms with Gasteiger partial charge in [0.05, 0.1) is 14.2 Å². The summed E-state index contributed by atoms with van der Waals surface area (Å²) in [6.45, 7) is -0.340. The summed E-state index contributed by atoms with van der Waals surface area (Å²) >= 11 is 0. The average molecular weight is 132 g/mol. The lowest BCUT2D eigenvalue weighted by atomic mass is 10.7. The molecule has 0 aromatic carbocycles. The quantitative estimate of drug-likeness (QED) is 0.225. The number of nitrogens with zero attached hydrogens (tertiary/aromatic N) is 2. The Kier molecular flexibility index (Phi) is 3.34. The predicted octanol–water partition coefficient (Wildman–Crippen LogP) is -0.248. The van der Waals surface area contributed by atoms with Crippen LogP contribution in [0.2, 0.25) is 0 Å². The van der Waals surface area contributed by atoms with Gasteiger partial charge in [0.15, 0.2) is 0 Å². The number of esters is 1. The molecular formula is C4H8N2O3. The lowest BCUT2D eigenvalue weighted by Gasteiger charge is -1.96. The molecule has 0 bridgehead atoms. The number of hydrogen-bond donors (Lipinski definition) is 0. The number of carbonyl (C=O) groups excluding carboxylic acids is 1. The van der Waals surface area contributed by atoms with E-state index in [0.29, 0.717) is 0 Å². The molecule has 0 N–H and O–H groups in total. The fourth-order valence-corrected chi connectivity index (χ4v) is 0.246. The zero-order chi connectivity index (χ0) is 7.28. The molecule has 0 aliphatic heterocycles. The monoisotopic (exact) mass is 132 g/mol. The first-order valence-electron chi connectivity index (χ1n) is 2.32. The Morgan fingerprint density at radius 1 is 1.89 bits per heavy atom. The first kappa shape index (κ1) is 7.87. The van der Waals surface area contributed by atoms with E-state index >= 15 is 0 Å². The van der Waals surface area contributed by atoms with Crippen LogP contribution in [0.3, 0.4) is 0 Å².